The second-order valence-corrected chi connectivity index (χ2v) is 6.51. The van der Waals surface area contributed by atoms with Crippen molar-refractivity contribution in [3.63, 3.8) is 0 Å². The van der Waals surface area contributed by atoms with E-state index in [0.29, 0.717) is 29.1 Å². The van der Waals surface area contributed by atoms with Crippen LogP contribution in [0.5, 0.6) is 0 Å². The molecule has 0 saturated carbocycles. The number of nitrogens with zero attached hydrogens (tertiary/aromatic N) is 6. The fraction of sp³-hybridized carbons (Fsp3) is 0.176. The Bertz CT molecular complexity index is 1090. The van der Waals surface area contributed by atoms with Crippen LogP contribution in [0.25, 0.3) is 22.0 Å². The summed E-state index contributed by atoms with van der Waals surface area (Å²) in [6.45, 7) is 2.20. The van der Waals surface area contributed by atoms with E-state index in [0.717, 1.165) is 16.5 Å². The lowest BCUT2D eigenvalue weighted by Crippen LogP contribution is -2.23. The van der Waals surface area contributed by atoms with E-state index in [4.69, 9.17) is 0 Å². The highest BCUT2D eigenvalue weighted by molar-refractivity contribution is 7.13. The SMILES string of the molecule is Cc1nc2c(C(=O)NCc3csc(-c4ncccn4)n3)ccnc2n1C. The third-order valence-corrected chi connectivity index (χ3v) is 4.85. The van der Waals surface area contributed by atoms with Gasteiger partial charge in [-0.25, -0.2) is 24.9 Å². The maximum absolute atomic E-state index is 12.6. The average Bonchev–Trinajstić information content (AvgIpc) is 3.26. The maximum Gasteiger partial charge on any atom is 0.253 e. The molecule has 26 heavy (non-hydrogen) atoms. The zero-order valence-electron chi connectivity index (χ0n) is 14.2. The Morgan fingerprint density at radius 3 is 2.81 bits per heavy atom. The Morgan fingerprint density at radius 1 is 1.19 bits per heavy atom. The second-order valence-electron chi connectivity index (χ2n) is 5.65. The molecule has 1 amide bonds. The number of rotatable bonds is 4. The number of thiazole rings is 1. The fourth-order valence-corrected chi connectivity index (χ4v) is 3.30. The Balaban J connectivity index is 1.52. The van der Waals surface area contributed by atoms with Crippen molar-refractivity contribution in [3.05, 3.63) is 53.2 Å². The van der Waals surface area contributed by atoms with Gasteiger partial charge in [0, 0.05) is 31.0 Å². The number of aryl methyl sites for hydroxylation is 2. The number of aromatic nitrogens is 6. The fourth-order valence-electron chi connectivity index (χ4n) is 2.54. The van der Waals surface area contributed by atoms with E-state index in [9.17, 15) is 4.79 Å². The van der Waals surface area contributed by atoms with Gasteiger partial charge in [-0.2, -0.15) is 0 Å². The van der Waals surface area contributed by atoms with Crippen LogP contribution in [0.3, 0.4) is 0 Å². The lowest BCUT2D eigenvalue weighted by molar-refractivity contribution is 0.0952. The summed E-state index contributed by atoms with van der Waals surface area (Å²) >= 11 is 1.44. The summed E-state index contributed by atoms with van der Waals surface area (Å²) in [6, 6.07) is 3.43. The first-order valence-corrected chi connectivity index (χ1v) is 8.79. The van der Waals surface area contributed by atoms with Crippen molar-refractivity contribution in [1.82, 2.24) is 34.8 Å². The highest BCUT2D eigenvalue weighted by Gasteiger charge is 2.16. The molecular weight excluding hydrogens is 350 g/mol. The van der Waals surface area contributed by atoms with E-state index in [1.165, 1.54) is 11.3 Å². The van der Waals surface area contributed by atoms with Crippen molar-refractivity contribution in [1.29, 1.82) is 0 Å². The molecule has 9 heteroatoms. The van der Waals surface area contributed by atoms with E-state index in [1.807, 2.05) is 23.9 Å². The van der Waals surface area contributed by atoms with Gasteiger partial charge in [-0.15, -0.1) is 11.3 Å². The third-order valence-electron chi connectivity index (χ3n) is 3.97. The summed E-state index contributed by atoms with van der Waals surface area (Å²) in [4.78, 5) is 34.2. The first-order valence-electron chi connectivity index (χ1n) is 7.91. The molecule has 4 aromatic heterocycles. The number of fused-ring (bicyclic) bond motifs is 1. The summed E-state index contributed by atoms with van der Waals surface area (Å²) in [5, 5.41) is 5.50. The van der Waals surface area contributed by atoms with Crippen LogP contribution < -0.4 is 5.32 Å². The van der Waals surface area contributed by atoms with E-state index in [1.54, 1.807) is 30.7 Å². The lowest BCUT2D eigenvalue weighted by atomic mass is 10.2. The monoisotopic (exact) mass is 365 g/mol. The zero-order valence-corrected chi connectivity index (χ0v) is 15.0. The van der Waals surface area contributed by atoms with E-state index < -0.39 is 0 Å². The second kappa shape index (κ2) is 6.60. The average molecular weight is 365 g/mol. The number of carbonyl (C=O) groups is 1. The van der Waals surface area contributed by atoms with Crippen LogP contribution >= 0.6 is 11.3 Å². The van der Waals surface area contributed by atoms with Crippen LogP contribution in [0.2, 0.25) is 0 Å². The summed E-state index contributed by atoms with van der Waals surface area (Å²) in [6.07, 6.45) is 4.97. The molecule has 8 nitrogen and oxygen atoms in total. The summed E-state index contributed by atoms with van der Waals surface area (Å²) in [7, 11) is 1.88. The van der Waals surface area contributed by atoms with Crippen LogP contribution in [0.4, 0.5) is 0 Å². The minimum atomic E-state index is -0.207. The molecular formula is C17H15N7OS. The minimum absolute atomic E-state index is 0.207. The molecule has 0 radical (unpaired) electrons. The first-order chi connectivity index (χ1) is 12.6. The maximum atomic E-state index is 12.6. The predicted molar refractivity (Wildman–Crippen MR) is 97.6 cm³/mol. The largest absolute Gasteiger partial charge is 0.346 e. The Kier molecular flexibility index (Phi) is 4.13. The van der Waals surface area contributed by atoms with E-state index in [-0.39, 0.29) is 5.91 Å². The molecule has 0 spiro atoms. The van der Waals surface area contributed by atoms with Crippen molar-refractivity contribution in [3.8, 4) is 10.8 Å². The van der Waals surface area contributed by atoms with E-state index >= 15 is 0 Å². The molecule has 0 fully saturated rings. The molecule has 0 atom stereocenters. The summed E-state index contributed by atoms with van der Waals surface area (Å²) in [5.74, 6) is 1.18. The summed E-state index contributed by atoms with van der Waals surface area (Å²) < 4.78 is 1.86. The molecule has 0 unspecified atom stereocenters. The molecule has 4 rings (SSSR count). The Morgan fingerprint density at radius 2 is 2.00 bits per heavy atom. The van der Waals surface area contributed by atoms with Crippen molar-refractivity contribution in [2.24, 2.45) is 7.05 Å². The number of imidazole rings is 1. The Labute approximate surface area is 153 Å². The number of amides is 1. The number of pyridine rings is 1. The highest BCUT2D eigenvalue weighted by Crippen LogP contribution is 2.20. The molecule has 4 aromatic rings. The molecule has 0 saturated heterocycles. The number of hydrogen-bond donors (Lipinski definition) is 1. The van der Waals surface area contributed by atoms with Crippen molar-refractivity contribution in [2.75, 3.05) is 0 Å². The number of hydrogen-bond acceptors (Lipinski definition) is 7. The van der Waals surface area contributed by atoms with Crippen LogP contribution in [0.15, 0.2) is 36.1 Å². The minimum Gasteiger partial charge on any atom is -0.346 e. The van der Waals surface area contributed by atoms with Crippen molar-refractivity contribution >= 4 is 28.4 Å². The van der Waals surface area contributed by atoms with Gasteiger partial charge in [-0.05, 0) is 19.1 Å². The molecule has 0 bridgehead atoms. The van der Waals surface area contributed by atoms with Crippen LogP contribution in [-0.4, -0.2) is 35.4 Å². The smallest absolute Gasteiger partial charge is 0.253 e. The summed E-state index contributed by atoms with van der Waals surface area (Å²) in [5.41, 5.74) is 2.54. The quantitative estimate of drug-likeness (QED) is 0.595. The molecule has 1 N–H and O–H groups in total. The van der Waals surface area contributed by atoms with Gasteiger partial charge in [0.2, 0.25) is 0 Å². The predicted octanol–water partition coefficient (Wildman–Crippen LogP) is 2.12. The number of carbonyl (C=O) groups excluding carboxylic acids is 1. The van der Waals surface area contributed by atoms with Crippen molar-refractivity contribution < 1.29 is 4.79 Å². The first kappa shape index (κ1) is 16.3. The molecule has 0 aliphatic heterocycles. The van der Waals surface area contributed by atoms with Gasteiger partial charge < -0.3 is 9.88 Å². The van der Waals surface area contributed by atoms with Crippen molar-refractivity contribution in [2.45, 2.75) is 13.5 Å². The number of nitrogens with one attached hydrogen (secondary N) is 1. The lowest BCUT2D eigenvalue weighted by Gasteiger charge is -2.04. The van der Waals surface area contributed by atoms with Gasteiger partial charge in [-0.3, -0.25) is 4.79 Å². The molecule has 0 aliphatic carbocycles. The topological polar surface area (TPSA) is 98.5 Å². The van der Waals surface area contributed by atoms with Crippen LogP contribution in [-0.2, 0) is 13.6 Å². The van der Waals surface area contributed by atoms with Crippen LogP contribution in [0, 0.1) is 6.92 Å². The highest BCUT2D eigenvalue weighted by atomic mass is 32.1. The van der Waals surface area contributed by atoms with E-state index in [2.05, 4.69) is 30.2 Å². The third kappa shape index (κ3) is 2.93. The molecule has 130 valence electrons. The van der Waals surface area contributed by atoms with Gasteiger partial charge in [0.1, 0.15) is 11.3 Å². The van der Waals surface area contributed by atoms with Crippen LogP contribution in [0.1, 0.15) is 21.9 Å². The Hall–Kier alpha value is -3.20. The molecule has 0 aromatic carbocycles. The zero-order chi connectivity index (χ0) is 18.1. The van der Waals surface area contributed by atoms with Gasteiger partial charge in [0.15, 0.2) is 16.5 Å². The van der Waals surface area contributed by atoms with Gasteiger partial charge in [0.25, 0.3) is 5.91 Å². The van der Waals surface area contributed by atoms with Gasteiger partial charge in [0.05, 0.1) is 17.8 Å². The normalized spacial score (nSPS) is 11.0. The van der Waals surface area contributed by atoms with Gasteiger partial charge in [-0.1, -0.05) is 0 Å². The molecule has 4 heterocycles. The molecule has 0 aliphatic rings. The van der Waals surface area contributed by atoms with Gasteiger partial charge >= 0.3 is 0 Å². The standard InChI is InChI=1S/C17H15N7OS/c1-10-22-13-12(4-7-20-15(13)24(10)2)16(25)21-8-11-9-26-17(23-11)14-18-5-3-6-19-14/h3-7,9H,8H2,1-2H3,(H,21,25).